The Morgan fingerprint density at radius 3 is 2.30 bits per heavy atom. The van der Waals surface area contributed by atoms with Gasteiger partial charge < -0.3 is 4.42 Å². The van der Waals surface area contributed by atoms with Crippen molar-refractivity contribution in [2.24, 2.45) is 5.41 Å². The van der Waals surface area contributed by atoms with Crippen molar-refractivity contribution in [3.05, 3.63) is 48.4 Å². The van der Waals surface area contributed by atoms with Gasteiger partial charge in [-0.25, -0.2) is 25.9 Å². The maximum Gasteiger partial charge on any atom is 0.247 e. The Kier molecular flexibility index (Phi) is 5.84. The molecule has 1 saturated heterocycles. The molecule has 0 bridgehead atoms. The average molecular weight is 456 g/mol. The number of sulfonamides is 2. The van der Waals surface area contributed by atoms with Gasteiger partial charge in [-0.1, -0.05) is 0 Å². The van der Waals surface area contributed by atoms with Crippen LogP contribution in [0.1, 0.15) is 25.6 Å². The molecule has 1 aliphatic rings. The Bertz CT molecular complexity index is 1120. The van der Waals surface area contributed by atoms with Gasteiger partial charge in [-0.05, 0) is 64.3 Å². The number of nitrogens with zero attached hydrogens (tertiary/aromatic N) is 2. The standard InChI is InChI=1S/C19H25N3O6S2/c1-19(2)13-29(24,25)22(18(19)23)14-7-9-15(10-8-14)30(26,27)20-12-16(21(3)4)17-6-5-11-28-17/h5-11,16,20H,12-13H2,1-4H3/t16-/m1/s1. The lowest BCUT2D eigenvalue weighted by Gasteiger charge is -2.22. The van der Waals surface area contributed by atoms with E-state index >= 15 is 0 Å². The summed E-state index contributed by atoms with van der Waals surface area (Å²) in [5.74, 6) is -0.207. The number of carbonyl (C=O) groups is 1. The minimum atomic E-state index is -3.86. The van der Waals surface area contributed by atoms with E-state index in [1.165, 1.54) is 30.5 Å². The SMILES string of the molecule is CN(C)[C@H](CNS(=O)(=O)c1ccc(N2C(=O)C(C)(C)CS2(=O)=O)cc1)c1ccco1. The van der Waals surface area contributed by atoms with E-state index in [4.69, 9.17) is 4.42 Å². The number of amides is 1. The minimum absolute atomic E-state index is 0.0356. The molecule has 2 heterocycles. The van der Waals surface area contributed by atoms with Crippen molar-refractivity contribution in [3.63, 3.8) is 0 Å². The number of rotatable bonds is 7. The summed E-state index contributed by atoms with van der Waals surface area (Å²) in [6, 6.07) is 8.40. The molecule has 0 unspecified atom stereocenters. The van der Waals surface area contributed by atoms with E-state index < -0.39 is 31.4 Å². The van der Waals surface area contributed by atoms with Crippen LogP contribution >= 0.6 is 0 Å². The molecular weight excluding hydrogens is 430 g/mol. The zero-order valence-electron chi connectivity index (χ0n) is 17.2. The summed E-state index contributed by atoms with van der Waals surface area (Å²) in [5, 5.41) is 0. The molecule has 1 aliphatic heterocycles. The van der Waals surface area contributed by atoms with Crippen molar-refractivity contribution < 1.29 is 26.0 Å². The smallest absolute Gasteiger partial charge is 0.247 e. The van der Waals surface area contributed by atoms with E-state index in [2.05, 4.69) is 4.72 Å². The number of anilines is 1. The molecule has 0 saturated carbocycles. The molecular formula is C19H25N3O6S2. The number of furan rings is 1. The summed E-state index contributed by atoms with van der Waals surface area (Å²) >= 11 is 0. The predicted octanol–water partition coefficient (Wildman–Crippen LogP) is 1.56. The van der Waals surface area contributed by atoms with Crippen LogP contribution in [0.4, 0.5) is 5.69 Å². The molecule has 9 nitrogen and oxygen atoms in total. The van der Waals surface area contributed by atoms with Crippen LogP contribution in [0.3, 0.4) is 0 Å². The average Bonchev–Trinajstić information content (AvgIpc) is 3.20. The molecule has 0 aliphatic carbocycles. The van der Waals surface area contributed by atoms with Crippen LogP contribution in [0.25, 0.3) is 0 Å². The lowest BCUT2D eigenvalue weighted by atomic mass is 9.95. The highest BCUT2D eigenvalue weighted by molar-refractivity contribution is 7.94. The molecule has 0 spiro atoms. The number of carbonyl (C=O) groups excluding carboxylic acids is 1. The van der Waals surface area contributed by atoms with Crippen molar-refractivity contribution in [2.45, 2.75) is 24.8 Å². The Morgan fingerprint density at radius 1 is 1.20 bits per heavy atom. The van der Waals surface area contributed by atoms with Crippen LogP contribution in [0, 0.1) is 5.41 Å². The summed E-state index contributed by atoms with van der Waals surface area (Å²) < 4.78 is 58.8. The highest BCUT2D eigenvalue weighted by Gasteiger charge is 2.49. The normalized spacial score (nSPS) is 19.4. The number of hydrogen-bond acceptors (Lipinski definition) is 7. The van der Waals surface area contributed by atoms with E-state index in [0.717, 1.165) is 4.31 Å². The van der Waals surface area contributed by atoms with Gasteiger partial charge in [-0.2, -0.15) is 0 Å². The van der Waals surface area contributed by atoms with Gasteiger partial charge in [0, 0.05) is 6.54 Å². The predicted molar refractivity (Wildman–Crippen MR) is 112 cm³/mol. The first kappa shape index (κ1) is 22.5. The topological polar surface area (TPSA) is 117 Å². The van der Waals surface area contributed by atoms with Crippen molar-refractivity contribution in [1.29, 1.82) is 0 Å². The van der Waals surface area contributed by atoms with Gasteiger partial charge in [0.05, 0.1) is 34.1 Å². The van der Waals surface area contributed by atoms with Gasteiger partial charge in [0.1, 0.15) is 5.76 Å². The number of hydrogen-bond donors (Lipinski definition) is 1. The monoisotopic (exact) mass is 455 g/mol. The largest absolute Gasteiger partial charge is 0.468 e. The first-order valence-corrected chi connectivity index (χ1v) is 12.3. The van der Waals surface area contributed by atoms with Crippen molar-refractivity contribution in [3.8, 4) is 0 Å². The number of likely N-dealkylation sites (N-methyl/N-ethyl adjacent to an activating group) is 1. The van der Waals surface area contributed by atoms with Crippen LogP contribution in [-0.4, -0.2) is 54.0 Å². The van der Waals surface area contributed by atoms with E-state index in [0.29, 0.717) is 5.76 Å². The number of benzene rings is 1. The first-order valence-electron chi connectivity index (χ1n) is 9.22. The molecule has 1 fully saturated rings. The quantitative estimate of drug-likeness (QED) is 0.673. The third-order valence-corrected chi connectivity index (χ3v) is 8.39. The maximum atomic E-state index is 12.7. The van der Waals surface area contributed by atoms with Gasteiger partial charge >= 0.3 is 0 Å². The van der Waals surface area contributed by atoms with Crippen LogP contribution in [-0.2, 0) is 24.8 Å². The fourth-order valence-corrected chi connectivity index (χ4v) is 6.46. The van der Waals surface area contributed by atoms with Gasteiger partial charge in [0.25, 0.3) is 0 Å². The fraction of sp³-hybridized carbons (Fsp3) is 0.421. The zero-order chi connectivity index (χ0) is 22.3. The second-order valence-electron chi connectivity index (χ2n) is 8.05. The van der Waals surface area contributed by atoms with Crippen molar-refractivity contribution in [1.82, 2.24) is 9.62 Å². The zero-order valence-corrected chi connectivity index (χ0v) is 18.8. The third kappa shape index (κ3) is 4.29. The van der Waals surface area contributed by atoms with Gasteiger partial charge in [0.15, 0.2) is 0 Å². The molecule has 1 amide bonds. The van der Waals surface area contributed by atoms with Gasteiger partial charge in [-0.3, -0.25) is 9.69 Å². The Morgan fingerprint density at radius 2 is 1.83 bits per heavy atom. The molecule has 1 aromatic heterocycles. The summed E-state index contributed by atoms with van der Waals surface area (Å²) in [6.07, 6.45) is 1.52. The highest BCUT2D eigenvalue weighted by atomic mass is 32.2. The van der Waals surface area contributed by atoms with Crippen LogP contribution in [0.15, 0.2) is 52.0 Å². The Balaban J connectivity index is 1.79. The second-order valence-corrected chi connectivity index (χ2v) is 11.6. The number of nitrogens with one attached hydrogen (secondary N) is 1. The first-order chi connectivity index (χ1) is 13.8. The summed E-state index contributed by atoms with van der Waals surface area (Å²) in [7, 11) is -4.03. The molecule has 30 heavy (non-hydrogen) atoms. The highest BCUT2D eigenvalue weighted by Crippen LogP contribution is 2.36. The third-order valence-electron chi connectivity index (χ3n) is 4.93. The summed E-state index contributed by atoms with van der Waals surface area (Å²) in [5.41, 5.74) is -0.913. The lowest BCUT2D eigenvalue weighted by Crippen LogP contribution is -2.34. The van der Waals surface area contributed by atoms with Crippen molar-refractivity contribution >= 4 is 31.6 Å². The summed E-state index contributed by atoms with van der Waals surface area (Å²) in [4.78, 5) is 14.3. The Hall–Kier alpha value is -2.21. The Labute approximate surface area is 176 Å². The minimum Gasteiger partial charge on any atom is -0.468 e. The van der Waals surface area contributed by atoms with E-state index in [1.807, 2.05) is 19.0 Å². The van der Waals surface area contributed by atoms with Gasteiger partial charge in [0.2, 0.25) is 26.0 Å². The van der Waals surface area contributed by atoms with E-state index in [1.54, 1.807) is 26.0 Å². The molecule has 1 atom stereocenters. The molecule has 0 radical (unpaired) electrons. The maximum absolute atomic E-state index is 12.7. The van der Waals surface area contributed by atoms with Gasteiger partial charge in [-0.15, -0.1) is 0 Å². The van der Waals surface area contributed by atoms with E-state index in [9.17, 15) is 21.6 Å². The molecule has 2 aromatic rings. The molecule has 3 rings (SSSR count). The van der Waals surface area contributed by atoms with Crippen LogP contribution < -0.4 is 9.03 Å². The second kappa shape index (κ2) is 7.80. The van der Waals surface area contributed by atoms with Crippen molar-refractivity contribution in [2.75, 3.05) is 30.7 Å². The molecule has 11 heteroatoms. The fourth-order valence-electron chi connectivity index (χ4n) is 3.31. The van der Waals surface area contributed by atoms with Crippen LogP contribution in [0.5, 0.6) is 0 Å². The molecule has 1 N–H and O–H groups in total. The van der Waals surface area contributed by atoms with E-state index in [-0.39, 0.29) is 28.9 Å². The molecule has 164 valence electrons. The van der Waals surface area contributed by atoms with Crippen LogP contribution in [0.2, 0.25) is 0 Å². The lowest BCUT2D eigenvalue weighted by molar-refractivity contribution is -0.123. The summed E-state index contributed by atoms with van der Waals surface area (Å²) in [6.45, 7) is 3.21. The molecule has 1 aromatic carbocycles.